The molecule has 0 heterocycles. The topological polar surface area (TPSA) is 131 Å². The zero-order valence-electron chi connectivity index (χ0n) is 11.4. The number of primary amides is 1. The lowest BCUT2D eigenvalue weighted by molar-refractivity contribution is 0.249. The molecule has 0 saturated heterocycles. The summed E-state index contributed by atoms with van der Waals surface area (Å²) in [5, 5.41) is 5.39. The maximum Gasteiger partial charge on any atom is 0.312 e. The molecule has 0 spiro atoms. The third-order valence-corrected chi connectivity index (χ3v) is 4.35. The molecule has 0 aromatic heterocycles. The molecule has 0 unspecified atom stereocenters. The molecule has 0 atom stereocenters. The molecule has 0 fully saturated rings. The zero-order valence-corrected chi connectivity index (χ0v) is 12.2. The molecule has 0 bridgehead atoms. The molecule has 6 N–H and O–H groups in total. The summed E-state index contributed by atoms with van der Waals surface area (Å²) in [4.78, 5) is 10.6. The molecular weight excluding hydrogens is 282 g/mol. The summed E-state index contributed by atoms with van der Waals surface area (Å²) in [6.45, 7) is 0.763. The van der Waals surface area contributed by atoms with Crippen molar-refractivity contribution in [2.45, 2.75) is 4.90 Å². The maximum atomic E-state index is 11.9. The lowest BCUT2D eigenvalue weighted by Crippen LogP contribution is -2.33. The van der Waals surface area contributed by atoms with Gasteiger partial charge in [-0.15, -0.1) is 0 Å². The fourth-order valence-electron chi connectivity index (χ4n) is 1.46. The number of rotatable bonds is 6. The highest BCUT2D eigenvalue weighted by Crippen LogP contribution is 2.23. The van der Waals surface area contributed by atoms with Crippen molar-refractivity contribution in [3.05, 3.63) is 18.2 Å². The minimum atomic E-state index is -3.50. The molecule has 20 heavy (non-hydrogen) atoms. The van der Waals surface area contributed by atoms with Crippen LogP contribution in [0.25, 0.3) is 0 Å². The van der Waals surface area contributed by atoms with Crippen LogP contribution in [0.15, 0.2) is 23.1 Å². The number of nitrogen functional groups attached to an aromatic ring is 1. The van der Waals surface area contributed by atoms with E-state index in [-0.39, 0.29) is 4.90 Å². The monoisotopic (exact) mass is 301 g/mol. The van der Waals surface area contributed by atoms with E-state index in [9.17, 15) is 13.2 Å². The number of anilines is 2. The van der Waals surface area contributed by atoms with Gasteiger partial charge in [-0.25, -0.2) is 17.5 Å². The van der Waals surface area contributed by atoms with Crippen LogP contribution in [-0.4, -0.2) is 45.9 Å². The molecule has 1 rings (SSSR count). The van der Waals surface area contributed by atoms with Crippen molar-refractivity contribution < 1.29 is 13.2 Å². The van der Waals surface area contributed by atoms with E-state index in [2.05, 4.69) is 10.6 Å². The largest absolute Gasteiger partial charge is 0.397 e. The molecule has 0 aliphatic carbocycles. The number of amides is 2. The molecule has 0 aliphatic heterocycles. The van der Waals surface area contributed by atoms with Gasteiger partial charge in [0.1, 0.15) is 0 Å². The van der Waals surface area contributed by atoms with Crippen molar-refractivity contribution in [2.75, 3.05) is 38.2 Å². The summed E-state index contributed by atoms with van der Waals surface area (Å²) in [6.07, 6.45) is 0. The molecule has 0 aliphatic rings. The predicted octanol–water partition coefficient (Wildman–Crippen LogP) is -0.401. The predicted molar refractivity (Wildman–Crippen MR) is 77.8 cm³/mol. The number of carbonyl (C=O) groups is 1. The highest BCUT2D eigenvalue weighted by atomic mass is 32.2. The molecule has 0 saturated carbocycles. The Kier molecular flexibility index (Phi) is 5.17. The molecule has 1 aromatic carbocycles. The SMILES string of the molecule is CN(C)S(=O)(=O)c1ccc(NCCNC(N)=O)c(N)c1. The van der Waals surface area contributed by atoms with Gasteiger partial charge < -0.3 is 22.1 Å². The number of nitrogens with two attached hydrogens (primary N) is 2. The number of nitrogens with one attached hydrogen (secondary N) is 2. The first-order chi connectivity index (χ1) is 9.25. The Morgan fingerprint density at radius 1 is 1.30 bits per heavy atom. The van der Waals surface area contributed by atoms with Crippen molar-refractivity contribution in [3.63, 3.8) is 0 Å². The number of urea groups is 1. The van der Waals surface area contributed by atoms with E-state index >= 15 is 0 Å². The Labute approximate surface area is 118 Å². The molecule has 1 aromatic rings. The van der Waals surface area contributed by atoms with Gasteiger partial charge in [0.25, 0.3) is 0 Å². The summed E-state index contributed by atoms with van der Waals surface area (Å²) >= 11 is 0. The summed E-state index contributed by atoms with van der Waals surface area (Å²) < 4.78 is 25.0. The van der Waals surface area contributed by atoms with Crippen LogP contribution in [0.5, 0.6) is 0 Å². The average Bonchev–Trinajstić information content (AvgIpc) is 2.35. The second kappa shape index (κ2) is 6.44. The molecular formula is C11H19N5O3S. The quantitative estimate of drug-likeness (QED) is 0.419. The number of benzene rings is 1. The van der Waals surface area contributed by atoms with Gasteiger partial charge in [0.2, 0.25) is 10.0 Å². The smallest absolute Gasteiger partial charge is 0.312 e. The van der Waals surface area contributed by atoms with Crippen LogP contribution in [0.2, 0.25) is 0 Å². The number of nitrogens with zero attached hydrogens (tertiary/aromatic N) is 1. The summed E-state index contributed by atoms with van der Waals surface area (Å²) in [6, 6.07) is 3.83. The summed E-state index contributed by atoms with van der Waals surface area (Å²) in [5.41, 5.74) is 11.6. The van der Waals surface area contributed by atoms with E-state index in [1.807, 2.05) is 0 Å². The first kappa shape index (κ1) is 16.1. The Bertz CT molecular complexity index is 586. The van der Waals surface area contributed by atoms with Crippen molar-refractivity contribution in [1.82, 2.24) is 9.62 Å². The van der Waals surface area contributed by atoms with E-state index in [4.69, 9.17) is 11.5 Å². The third kappa shape index (κ3) is 4.00. The summed E-state index contributed by atoms with van der Waals surface area (Å²) in [7, 11) is -0.597. The molecule has 2 amide bonds. The Morgan fingerprint density at radius 3 is 2.45 bits per heavy atom. The second-order valence-electron chi connectivity index (χ2n) is 4.25. The van der Waals surface area contributed by atoms with Crippen LogP contribution >= 0.6 is 0 Å². The minimum absolute atomic E-state index is 0.126. The van der Waals surface area contributed by atoms with Crippen molar-refractivity contribution in [1.29, 1.82) is 0 Å². The maximum absolute atomic E-state index is 11.9. The first-order valence-electron chi connectivity index (χ1n) is 5.84. The standard InChI is InChI=1S/C11H19N5O3S/c1-16(2)20(18,19)8-3-4-10(9(12)7-8)14-5-6-15-11(13)17/h3-4,7,14H,5-6,12H2,1-2H3,(H3,13,15,17). The Hall–Kier alpha value is -2.00. The number of hydrogen-bond acceptors (Lipinski definition) is 5. The average molecular weight is 301 g/mol. The highest BCUT2D eigenvalue weighted by Gasteiger charge is 2.17. The van der Waals surface area contributed by atoms with Crippen LogP contribution in [0.3, 0.4) is 0 Å². The van der Waals surface area contributed by atoms with Gasteiger partial charge in [-0.1, -0.05) is 0 Å². The fraction of sp³-hybridized carbons (Fsp3) is 0.364. The molecule has 9 heteroatoms. The number of hydrogen-bond donors (Lipinski definition) is 4. The number of carbonyl (C=O) groups excluding carboxylic acids is 1. The van der Waals surface area contributed by atoms with Gasteiger partial charge in [-0.2, -0.15) is 0 Å². The molecule has 0 radical (unpaired) electrons. The van der Waals surface area contributed by atoms with E-state index in [1.165, 1.54) is 26.2 Å². The van der Waals surface area contributed by atoms with Gasteiger partial charge >= 0.3 is 6.03 Å². The van der Waals surface area contributed by atoms with Crippen LogP contribution in [0, 0.1) is 0 Å². The summed E-state index contributed by atoms with van der Waals surface area (Å²) in [5.74, 6) is 0. The third-order valence-electron chi connectivity index (χ3n) is 2.54. The van der Waals surface area contributed by atoms with E-state index < -0.39 is 16.1 Å². The fourth-order valence-corrected chi connectivity index (χ4v) is 2.39. The van der Waals surface area contributed by atoms with Crippen molar-refractivity contribution >= 4 is 27.4 Å². The van der Waals surface area contributed by atoms with Crippen LogP contribution in [0.4, 0.5) is 16.2 Å². The Morgan fingerprint density at radius 2 is 1.95 bits per heavy atom. The van der Waals surface area contributed by atoms with Gasteiger partial charge in [0.15, 0.2) is 0 Å². The van der Waals surface area contributed by atoms with Crippen LogP contribution in [-0.2, 0) is 10.0 Å². The number of sulfonamides is 1. The molecule has 112 valence electrons. The van der Waals surface area contributed by atoms with Gasteiger partial charge in [-0.05, 0) is 18.2 Å². The second-order valence-corrected chi connectivity index (χ2v) is 6.41. The van der Waals surface area contributed by atoms with E-state index in [0.717, 1.165) is 4.31 Å². The van der Waals surface area contributed by atoms with Crippen molar-refractivity contribution in [3.8, 4) is 0 Å². The minimum Gasteiger partial charge on any atom is -0.397 e. The zero-order chi connectivity index (χ0) is 15.3. The van der Waals surface area contributed by atoms with E-state index in [1.54, 1.807) is 6.07 Å². The van der Waals surface area contributed by atoms with Crippen LogP contribution in [0.1, 0.15) is 0 Å². The van der Waals surface area contributed by atoms with Gasteiger partial charge in [0, 0.05) is 27.2 Å². The van der Waals surface area contributed by atoms with Crippen LogP contribution < -0.4 is 22.1 Å². The molecule has 8 nitrogen and oxygen atoms in total. The van der Waals surface area contributed by atoms with E-state index in [0.29, 0.717) is 24.5 Å². The lowest BCUT2D eigenvalue weighted by atomic mass is 10.2. The Balaban J connectivity index is 2.77. The normalized spacial score (nSPS) is 11.3. The van der Waals surface area contributed by atoms with Gasteiger partial charge in [-0.3, -0.25) is 0 Å². The van der Waals surface area contributed by atoms with Crippen molar-refractivity contribution in [2.24, 2.45) is 5.73 Å². The lowest BCUT2D eigenvalue weighted by Gasteiger charge is -2.14. The first-order valence-corrected chi connectivity index (χ1v) is 7.28. The van der Waals surface area contributed by atoms with Gasteiger partial charge in [0.05, 0.1) is 16.3 Å². The highest BCUT2D eigenvalue weighted by molar-refractivity contribution is 7.89.